The molecule has 0 aliphatic carbocycles. The third-order valence-corrected chi connectivity index (χ3v) is 5.17. The zero-order chi connectivity index (χ0) is 24.1. The van der Waals surface area contributed by atoms with Crippen molar-refractivity contribution in [2.45, 2.75) is 20.0 Å². The van der Waals surface area contributed by atoms with Crippen LogP contribution in [0.3, 0.4) is 0 Å². The van der Waals surface area contributed by atoms with Crippen molar-refractivity contribution in [3.8, 4) is 0 Å². The number of para-hydroxylation sites is 1. The maximum atomic E-state index is 13.3. The van der Waals surface area contributed by atoms with Gasteiger partial charge in [-0.3, -0.25) is 18.7 Å². The van der Waals surface area contributed by atoms with E-state index in [1.165, 1.54) is 10.8 Å². The highest BCUT2D eigenvalue weighted by Crippen LogP contribution is 2.16. The molecular weight excluding hydrogens is 436 g/mol. The van der Waals surface area contributed by atoms with Crippen molar-refractivity contribution in [1.29, 1.82) is 0 Å². The molecule has 0 saturated heterocycles. The van der Waals surface area contributed by atoms with Crippen LogP contribution in [0.2, 0.25) is 0 Å². The van der Waals surface area contributed by atoms with Gasteiger partial charge in [0.2, 0.25) is 5.91 Å². The zero-order valence-corrected chi connectivity index (χ0v) is 18.4. The second kappa shape index (κ2) is 9.95. The summed E-state index contributed by atoms with van der Waals surface area (Å²) >= 11 is 0. The Morgan fingerprint density at radius 3 is 2.44 bits per heavy atom. The second-order valence-electron chi connectivity index (χ2n) is 7.43. The van der Waals surface area contributed by atoms with Crippen molar-refractivity contribution in [3.63, 3.8) is 0 Å². The Bertz CT molecular complexity index is 1470. The van der Waals surface area contributed by atoms with Gasteiger partial charge in [-0.05, 0) is 36.8 Å². The monoisotopic (exact) mass is 458 g/mol. The topological polar surface area (TPSA) is 112 Å². The quantitative estimate of drug-likeness (QED) is 0.426. The fourth-order valence-corrected chi connectivity index (χ4v) is 3.61. The lowest BCUT2D eigenvalue weighted by Crippen LogP contribution is -2.42. The number of anilines is 1. The number of carbonyl (C=O) groups excluding carboxylic acids is 2. The zero-order valence-electron chi connectivity index (χ0n) is 18.4. The number of hydrogen-bond acceptors (Lipinski definition) is 6. The van der Waals surface area contributed by atoms with Gasteiger partial charge in [-0.15, -0.1) is 0 Å². The normalized spacial score (nSPS) is 10.7. The van der Waals surface area contributed by atoms with Crippen molar-refractivity contribution >= 4 is 28.6 Å². The molecule has 0 bridgehead atoms. The molecule has 9 nitrogen and oxygen atoms in total. The Balaban J connectivity index is 1.71. The molecule has 0 unspecified atom stereocenters. The summed E-state index contributed by atoms with van der Waals surface area (Å²) in [5.74, 6) is -1.12. The average molecular weight is 458 g/mol. The van der Waals surface area contributed by atoms with E-state index in [1.54, 1.807) is 55.5 Å². The van der Waals surface area contributed by atoms with Crippen molar-refractivity contribution in [1.82, 2.24) is 14.1 Å². The van der Waals surface area contributed by atoms with E-state index < -0.39 is 23.1 Å². The fraction of sp³-hybridized carbons (Fsp3) is 0.160. The summed E-state index contributed by atoms with van der Waals surface area (Å²) in [6.07, 6.45) is 1.46. The first-order valence-corrected chi connectivity index (χ1v) is 10.7. The number of fused-ring (bicyclic) bond motifs is 1. The number of aromatic nitrogens is 3. The molecule has 0 atom stereocenters. The number of pyridine rings is 1. The first-order chi connectivity index (χ1) is 16.5. The molecule has 2 aromatic carbocycles. The third-order valence-electron chi connectivity index (χ3n) is 5.17. The summed E-state index contributed by atoms with van der Waals surface area (Å²) in [4.78, 5) is 55.6. The van der Waals surface area contributed by atoms with Crippen LogP contribution in [0.1, 0.15) is 22.8 Å². The first-order valence-electron chi connectivity index (χ1n) is 10.7. The number of amides is 1. The lowest BCUT2D eigenvalue weighted by atomic mass is 10.2. The van der Waals surface area contributed by atoms with E-state index in [1.807, 2.05) is 18.2 Å². The van der Waals surface area contributed by atoms with Crippen LogP contribution in [0, 0.1) is 0 Å². The number of rotatable bonds is 7. The Morgan fingerprint density at radius 2 is 1.68 bits per heavy atom. The molecule has 9 heteroatoms. The highest BCUT2D eigenvalue weighted by molar-refractivity contribution is 6.01. The lowest BCUT2D eigenvalue weighted by Gasteiger charge is -2.14. The van der Waals surface area contributed by atoms with E-state index in [0.29, 0.717) is 0 Å². The largest absolute Gasteiger partial charge is 0.462 e. The van der Waals surface area contributed by atoms with Crippen LogP contribution in [0.4, 0.5) is 5.69 Å². The standard InChI is InChI=1S/C25H22N4O5/c1-2-34-24(32)18-11-6-7-12-19(18)27-21(30)16-28-20-13-8-14-26-22(20)23(31)29(25(28)33)15-17-9-4-3-5-10-17/h3-14H,2,15-16H2,1H3,(H,27,30). The number of benzene rings is 2. The number of nitrogens with zero attached hydrogens (tertiary/aromatic N) is 3. The highest BCUT2D eigenvalue weighted by Gasteiger charge is 2.18. The number of ether oxygens (including phenoxy) is 1. The molecular formula is C25H22N4O5. The Kier molecular flexibility index (Phi) is 6.63. The van der Waals surface area contributed by atoms with Crippen LogP contribution >= 0.6 is 0 Å². The van der Waals surface area contributed by atoms with Gasteiger partial charge in [0.05, 0.1) is 29.9 Å². The van der Waals surface area contributed by atoms with Crippen molar-refractivity contribution in [3.05, 3.63) is 105 Å². The van der Waals surface area contributed by atoms with Gasteiger partial charge in [-0.2, -0.15) is 0 Å². The smallest absolute Gasteiger partial charge is 0.340 e. The van der Waals surface area contributed by atoms with E-state index in [0.717, 1.165) is 10.1 Å². The van der Waals surface area contributed by atoms with Gasteiger partial charge < -0.3 is 10.1 Å². The maximum Gasteiger partial charge on any atom is 0.340 e. The molecule has 4 rings (SSSR count). The van der Waals surface area contributed by atoms with Crippen LogP contribution in [-0.2, 0) is 22.6 Å². The van der Waals surface area contributed by atoms with Crippen LogP contribution in [0.25, 0.3) is 11.0 Å². The molecule has 34 heavy (non-hydrogen) atoms. The molecule has 0 saturated carbocycles. The van der Waals surface area contributed by atoms with Crippen LogP contribution in [-0.4, -0.2) is 32.6 Å². The summed E-state index contributed by atoms with van der Waals surface area (Å²) in [7, 11) is 0. The summed E-state index contributed by atoms with van der Waals surface area (Å²) < 4.78 is 7.30. The van der Waals surface area contributed by atoms with E-state index in [-0.39, 0.29) is 42.0 Å². The van der Waals surface area contributed by atoms with E-state index in [2.05, 4.69) is 10.3 Å². The minimum Gasteiger partial charge on any atom is -0.462 e. The molecule has 0 radical (unpaired) electrons. The van der Waals surface area contributed by atoms with Crippen molar-refractivity contribution < 1.29 is 14.3 Å². The molecule has 0 aliphatic rings. The Hall–Kier alpha value is -4.53. The molecule has 1 amide bonds. The van der Waals surface area contributed by atoms with Crippen molar-refractivity contribution in [2.75, 3.05) is 11.9 Å². The predicted molar refractivity (Wildman–Crippen MR) is 127 cm³/mol. The van der Waals surface area contributed by atoms with Crippen LogP contribution in [0.5, 0.6) is 0 Å². The fourth-order valence-electron chi connectivity index (χ4n) is 3.61. The van der Waals surface area contributed by atoms with E-state index >= 15 is 0 Å². The number of esters is 1. The van der Waals surface area contributed by atoms with Crippen molar-refractivity contribution in [2.24, 2.45) is 0 Å². The van der Waals surface area contributed by atoms with Gasteiger partial charge in [0.15, 0.2) is 5.52 Å². The molecule has 0 fully saturated rings. The van der Waals surface area contributed by atoms with Crippen LogP contribution in [0.15, 0.2) is 82.5 Å². The summed E-state index contributed by atoms with van der Waals surface area (Å²) in [6.45, 7) is 1.54. The predicted octanol–water partition coefficient (Wildman–Crippen LogP) is 2.42. The number of hydrogen-bond donors (Lipinski definition) is 1. The van der Waals surface area contributed by atoms with Gasteiger partial charge in [-0.25, -0.2) is 14.6 Å². The van der Waals surface area contributed by atoms with Crippen LogP contribution < -0.4 is 16.6 Å². The average Bonchev–Trinajstić information content (AvgIpc) is 2.85. The molecule has 1 N–H and O–H groups in total. The Morgan fingerprint density at radius 1 is 0.941 bits per heavy atom. The second-order valence-corrected chi connectivity index (χ2v) is 7.43. The van der Waals surface area contributed by atoms with E-state index in [9.17, 15) is 19.2 Å². The lowest BCUT2D eigenvalue weighted by molar-refractivity contribution is -0.116. The van der Waals surface area contributed by atoms with Gasteiger partial charge in [-0.1, -0.05) is 42.5 Å². The summed E-state index contributed by atoms with van der Waals surface area (Å²) in [6, 6.07) is 18.7. The molecule has 2 heterocycles. The minimum absolute atomic E-state index is 0.0400. The molecule has 0 aliphatic heterocycles. The minimum atomic E-state index is -0.636. The van der Waals surface area contributed by atoms with Gasteiger partial charge in [0, 0.05) is 6.20 Å². The maximum absolute atomic E-state index is 13.3. The molecule has 172 valence electrons. The first kappa shape index (κ1) is 22.7. The SMILES string of the molecule is CCOC(=O)c1ccccc1NC(=O)Cn1c(=O)n(Cc2ccccc2)c(=O)c2ncccc21. The van der Waals surface area contributed by atoms with E-state index in [4.69, 9.17) is 4.74 Å². The number of nitrogens with one attached hydrogen (secondary N) is 1. The van der Waals surface area contributed by atoms with Gasteiger partial charge in [0.1, 0.15) is 6.54 Å². The van der Waals surface area contributed by atoms with Gasteiger partial charge >= 0.3 is 11.7 Å². The molecule has 0 spiro atoms. The van der Waals surface area contributed by atoms with Gasteiger partial charge in [0.25, 0.3) is 5.56 Å². The summed E-state index contributed by atoms with van der Waals surface area (Å²) in [5.41, 5.74) is 0.381. The highest BCUT2D eigenvalue weighted by atomic mass is 16.5. The molecule has 2 aromatic heterocycles. The Labute approximate surface area is 194 Å². The number of carbonyl (C=O) groups is 2. The molecule has 4 aromatic rings. The third kappa shape index (κ3) is 4.63. The summed E-state index contributed by atoms with van der Waals surface area (Å²) in [5, 5.41) is 2.67.